The third-order valence-corrected chi connectivity index (χ3v) is 2.55. The molecule has 0 spiro atoms. The van der Waals surface area contributed by atoms with Crippen molar-refractivity contribution in [2.24, 2.45) is 0 Å². The Balaban J connectivity index is 3.91. The second-order valence-corrected chi connectivity index (χ2v) is 3.82. The first-order valence-corrected chi connectivity index (χ1v) is 5.82. The van der Waals surface area contributed by atoms with Gasteiger partial charge in [0.15, 0.2) is 0 Å². The topological polar surface area (TPSA) is 87.7 Å². The van der Waals surface area contributed by atoms with Gasteiger partial charge in [-0.3, -0.25) is 4.79 Å². The molecular weight excluding hydrogens is 224 g/mol. The molecule has 0 aliphatic rings. The van der Waals surface area contributed by atoms with E-state index < -0.39 is 12.1 Å². The maximum absolute atomic E-state index is 11.5. The number of aliphatic carboxylic acids is 1. The molecule has 0 saturated heterocycles. The van der Waals surface area contributed by atoms with Gasteiger partial charge in [0.2, 0.25) is 0 Å². The summed E-state index contributed by atoms with van der Waals surface area (Å²) in [6.45, 7) is 4.18. The second-order valence-electron chi connectivity index (χ2n) is 3.82. The molecule has 0 aromatic carbocycles. The molecule has 0 aromatic rings. The minimum atomic E-state index is -0.945. The first kappa shape index (κ1) is 15.7. The zero-order valence-electron chi connectivity index (χ0n) is 10.7. The maximum atomic E-state index is 11.5. The molecule has 0 heterocycles. The lowest BCUT2D eigenvalue weighted by atomic mass is 10.2. The maximum Gasteiger partial charge on any atom is 0.315 e. The van der Waals surface area contributed by atoms with Crippen LogP contribution in [0, 0.1) is 0 Å². The number of carbonyl (C=O) groups is 2. The van der Waals surface area contributed by atoms with Crippen LogP contribution < -0.4 is 10.6 Å². The molecule has 0 aromatic heterocycles. The van der Waals surface area contributed by atoms with Crippen LogP contribution in [0.1, 0.15) is 33.1 Å². The first-order chi connectivity index (χ1) is 8.03. The predicted molar refractivity (Wildman–Crippen MR) is 64.0 cm³/mol. The average molecular weight is 246 g/mol. The summed E-state index contributed by atoms with van der Waals surface area (Å²) >= 11 is 0. The van der Waals surface area contributed by atoms with Crippen molar-refractivity contribution in [3.05, 3.63) is 0 Å². The molecule has 0 saturated carbocycles. The van der Waals surface area contributed by atoms with Crippen LogP contribution in [-0.2, 0) is 9.53 Å². The van der Waals surface area contributed by atoms with E-state index in [0.29, 0.717) is 0 Å². The quantitative estimate of drug-likeness (QED) is 0.595. The van der Waals surface area contributed by atoms with Crippen molar-refractivity contribution in [3.63, 3.8) is 0 Å². The molecule has 1 atom stereocenters. The van der Waals surface area contributed by atoms with E-state index in [9.17, 15) is 9.59 Å². The number of amides is 2. The molecular formula is C11H22N2O4. The van der Waals surface area contributed by atoms with Crippen molar-refractivity contribution in [2.75, 3.05) is 13.7 Å². The van der Waals surface area contributed by atoms with Gasteiger partial charge in [-0.05, 0) is 12.8 Å². The van der Waals surface area contributed by atoms with E-state index in [0.717, 1.165) is 12.8 Å². The lowest BCUT2D eigenvalue weighted by Crippen LogP contribution is -2.44. The highest BCUT2D eigenvalue weighted by atomic mass is 16.5. The van der Waals surface area contributed by atoms with Gasteiger partial charge in [-0.25, -0.2) is 4.79 Å². The summed E-state index contributed by atoms with van der Waals surface area (Å²) in [5.74, 6) is -0.945. The molecule has 6 heteroatoms. The second kappa shape index (κ2) is 8.81. The molecule has 3 N–H and O–H groups in total. The molecule has 0 radical (unpaired) electrons. The number of carboxylic acids is 1. The molecule has 0 aliphatic carbocycles. The number of carbonyl (C=O) groups excluding carboxylic acids is 1. The van der Waals surface area contributed by atoms with E-state index >= 15 is 0 Å². The third kappa shape index (κ3) is 7.57. The summed E-state index contributed by atoms with van der Waals surface area (Å²) in [6, 6.07) is -0.137. The highest BCUT2D eigenvalue weighted by molar-refractivity contribution is 5.74. The fraction of sp³-hybridized carbons (Fsp3) is 0.818. The fourth-order valence-corrected chi connectivity index (χ4v) is 1.37. The van der Waals surface area contributed by atoms with Gasteiger partial charge in [-0.2, -0.15) is 0 Å². The number of methoxy groups -OCH3 is 1. The minimum absolute atomic E-state index is 0.123. The first-order valence-electron chi connectivity index (χ1n) is 5.82. The highest BCUT2D eigenvalue weighted by Crippen LogP contribution is 1.97. The Morgan fingerprint density at radius 3 is 2.29 bits per heavy atom. The number of ether oxygens (including phenoxy) is 1. The van der Waals surface area contributed by atoms with Crippen molar-refractivity contribution in [2.45, 2.75) is 45.3 Å². The Morgan fingerprint density at radius 1 is 1.29 bits per heavy atom. The Morgan fingerprint density at radius 2 is 1.88 bits per heavy atom. The van der Waals surface area contributed by atoms with Crippen molar-refractivity contribution in [1.82, 2.24) is 10.6 Å². The van der Waals surface area contributed by atoms with Gasteiger partial charge in [0.25, 0.3) is 0 Å². The number of hydrogen-bond donors (Lipinski definition) is 3. The molecule has 0 fully saturated rings. The van der Waals surface area contributed by atoms with Gasteiger partial charge >= 0.3 is 12.0 Å². The standard InChI is InChI=1S/C11H22N2O4/c1-4-8(5-2)13-11(16)12-7-9(17-3)6-10(14)15/h8-9H,4-7H2,1-3H3,(H,14,15)(H2,12,13,16). The van der Waals surface area contributed by atoms with E-state index in [1.165, 1.54) is 7.11 Å². The SMILES string of the molecule is CCC(CC)NC(=O)NCC(CC(=O)O)OC. The van der Waals surface area contributed by atoms with Gasteiger partial charge in [-0.15, -0.1) is 0 Å². The van der Waals surface area contributed by atoms with Crippen LogP contribution in [0.4, 0.5) is 4.79 Å². The van der Waals surface area contributed by atoms with Crippen LogP contribution in [0.2, 0.25) is 0 Å². The van der Waals surface area contributed by atoms with Crippen LogP contribution >= 0.6 is 0 Å². The van der Waals surface area contributed by atoms with Crippen LogP contribution in [0.25, 0.3) is 0 Å². The summed E-state index contributed by atoms with van der Waals surface area (Å²) in [5, 5.41) is 14.0. The summed E-state index contributed by atoms with van der Waals surface area (Å²) in [5.41, 5.74) is 0. The lowest BCUT2D eigenvalue weighted by Gasteiger charge is -2.18. The van der Waals surface area contributed by atoms with E-state index in [1.54, 1.807) is 0 Å². The minimum Gasteiger partial charge on any atom is -0.481 e. The Bertz CT molecular complexity index is 242. The molecule has 6 nitrogen and oxygen atoms in total. The van der Waals surface area contributed by atoms with Gasteiger partial charge in [-0.1, -0.05) is 13.8 Å². The zero-order chi connectivity index (χ0) is 13.3. The fourth-order valence-electron chi connectivity index (χ4n) is 1.37. The molecule has 0 aliphatic heterocycles. The summed E-state index contributed by atoms with van der Waals surface area (Å²) in [6.07, 6.45) is 1.11. The van der Waals surface area contributed by atoms with E-state index in [4.69, 9.17) is 9.84 Å². The molecule has 2 amide bonds. The van der Waals surface area contributed by atoms with Gasteiger partial charge < -0.3 is 20.5 Å². The summed E-state index contributed by atoms with van der Waals surface area (Å²) < 4.78 is 4.95. The van der Waals surface area contributed by atoms with Gasteiger partial charge in [0.1, 0.15) is 0 Å². The zero-order valence-corrected chi connectivity index (χ0v) is 10.7. The number of rotatable bonds is 8. The number of nitrogens with one attached hydrogen (secondary N) is 2. The van der Waals surface area contributed by atoms with Crippen LogP contribution in [0.15, 0.2) is 0 Å². The van der Waals surface area contributed by atoms with Crippen molar-refractivity contribution in [3.8, 4) is 0 Å². The van der Waals surface area contributed by atoms with Crippen LogP contribution in [0.5, 0.6) is 0 Å². The van der Waals surface area contributed by atoms with Crippen LogP contribution in [0.3, 0.4) is 0 Å². The normalized spacial score (nSPS) is 12.2. The number of urea groups is 1. The van der Waals surface area contributed by atoms with Gasteiger partial charge in [0.05, 0.1) is 12.5 Å². The van der Waals surface area contributed by atoms with E-state index in [2.05, 4.69) is 10.6 Å². The van der Waals surface area contributed by atoms with Crippen molar-refractivity contribution < 1.29 is 19.4 Å². The molecule has 1 unspecified atom stereocenters. The van der Waals surface area contributed by atoms with Crippen molar-refractivity contribution in [1.29, 1.82) is 0 Å². The monoisotopic (exact) mass is 246 g/mol. The van der Waals surface area contributed by atoms with Crippen LogP contribution in [-0.4, -0.2) is 42.9 Å². The predicted octanol–water partition coefficient (Wildman–Crippen LogP) is 0.964. The Labute approximate surface area is 102 Å². The molecule has 17 heavy (non-hydrogen) atoms. The Hall–Kier alpha value is -1.30. The van der Waals surface area contributed by atoms with Gasteiger partial charge in [0, 0.05) is 19.7 Å². The number of hydrogen-bond acceptors (Lipinski definition) is 3. The summed E-state index contributed by atoms with van der Waals surface area (Å²) in [7, 11) is 1.42. The highest BCUT2D eigenvalue weighted by Gasteiger charge is 2.14. The lowest BCUT2D eigenvalue weighted by molar-refractivity contribution is -0.139. The smallest absolute Gasteiger partial charge is 0.315 e. The largest absolute Gasteiger partial charge is 0.481 e. The summed E-state index contributed by atoms with van der Waals surface area (Å²) in [4.78, 5) is 21.9. The van der Waals surface area contributed by atoms with E-state index in [-0.39, 0.29) is 25.0 Å². The van der Waals surface area contributed by atoms with Crippen molar-refractivity contribution >= 4 is 12.0 Å². The third-order valence-electron chi connectivity index (χ3n) is 2.55. The molecule has 100 valence electrons. The average Bonchev–Trinajstić information content (AvgIpc) is 2.30. The number of carboxylic acid groups (broad SMARTS) is 1. The molecule has 0 rings (SSSR count). The van der Waals surface area contributed by atoms with E-state index in [1.807, 2.05) is 13.8 Å². The Kier molecular flexibility index (Phi) is 8.13. The molecule has 0 bridgehead atoms.